The summed E-state index contributed by atoms with van der Waals surface area (Å²) in [5, 5.41) is 0. The first-order valence-corrected chi connectivity index (χ1v) is 3.44. The predicted molar refractivity (Wildman–Crippen MR) is 38.0 cm³/mol. The van der Waals surface area contributed by atoms with Crippen molar-refractivity contribution in [1.82, 2.24) is 4.98 Å². The Bertz CT molecular complexity index is 301. The van der Waals surface area contributed by atoms with E-state index in [1.54, 1.807) is 0 Å². The second kappa shape index (κ2) is 3.18. The number of hydrogen-bond acceptors (Lipinski definition) is 1. The molecule has 0 spiro atoms. The van der Waals surface area contributed by atoms with Crippen molar-refractivity contribution >= 4 is 12.4 Å². The van der Waals surface area contributed by atoms with E-state index in [1.165, 1.54) is 0 Å². The molecular weight excluding hydrogens is 211 g/mol. The number of pyridine rings is 1. The lowest BCUT2D eigenvalue weighted by atomic mass is 9.80. The highest BCUT2D eigenvalue weighted by Gasteiger charge is 2.34. The minimum atomic E-state index is -5.42. The Kier molecular flexibility index (Phi) is 2.47. The Labute approximate surface area is 74.8 Å². The van der Waals surface area contributed by atoms with Gasteiger partial charge >= 0.3 is 13.2 Å². The Hall–Kier alpha value is -1.21. The average Bonchev–Trinajstić information content (AvgIpc) is 2.01. The molecule has 0 N–H and O–H groups in total. The number of halogens is 6. The number of aromatic nitrogens is 1. The van der Waals surface area contributed by atoms with Gasteiger partial charge in [-0.15, -0.1) is 5.46 Å². The van der Waals surface area contributed by atoms with E-state index in [-0.39, 0.29) is 6.07 Å². The topological polar surface area (TPSA) is 12.9 Å². The quantitative estimate of drug-likeness (QED) is 0.515. The second-order valence-corrected chi connectivity index (χ2v) is 2.55. The van der Waals surface area contributed by atoms with Crippen molar-refractivity contribution in [3.8, 4) is 0 Å². The Morgan fingerprint density at radius 1 is 1.14 bits per heavy atom. The monoisotopic (exact) mass is 214 g/mol. The van der Waals surface area contributed by atoms with Crippen LogP contribution in [-0.4, -0.2) is 12.0 Å². The maximum atomic E-state index is 12.0. The molecule has 0 saturated carbocycles. The fourth-order valence-corrected chi connectivity index (χ4v) is 0.806. The van der Waals surface area contributed by atoms with Gasteiger partial charge in [-0.1, -0.05) is 12.1 Å². The van der Waals surface area contributed by atoms with Gasteiger partial charge in [0, 0.05) is 6.20 Å². The maximum Gasteiger partial charge on any atom is 0.509 e. The number of rotatable bonds is 1. The lowest BCUT2D eigenvalue weighted by Gasteiger charge is -2.15. The molecule has 0 atom stereocenters. The van der Waals surface area contributed by atoms with Crippen molar-refractivity contribution < 1.29 is 26.1 Å². The van der Waals surface area contributed by atoms with Gasteiger partial charge in [0.25, 0.3) is 0 Å². The van der Waals surface area contributed by atoms with E-state index in [9.17, 15) is 26.1 Å². The van der Waals surface area contributed by atoms with E-state index in [2.05, 4.69) is 4.98 Å². The van der Waals surface area contributed by atoms with Crippen molar-refractivity contribution in [3.05, 3.63) is 24.0 Å². The first-order valence-electron chi connectivity index (χ1n) is 3.44. The van der Waals surface area contributed by atoms with Crippen LogP contribution >= 0.6 is 0 Å². The first kappa shape index (κ1) is 10.9. The van der Waals surface area contributed by atoms with E-state index >= 15 is 0 Å². The summed E-state index contributed by atoms with van der Waals surface area (Å²) in [5.74, 6) is 0. The van der Waals surface area contributed by atoms with Gasteiger partial charge in [-0.25, -0.2) is 0 Å². The molecule has 0 aliphatic heterocycles. The van der Waals surface area contributed by atoms with E-state index in [1.807, 2.05) is 0 Å². The van der Waals surface area contributed by atoms with E-state index < -0.39 is 24.3 Å². The summed E-state index contributed by atoms with van der Waals surface area (Å²) in [6.07, 6.45) is -4.36. The summed E-state index contributed by atoms with van der Waals surface area (Å²) in [6, 6.07) is 0.509. The summed E-state index contributed by atoms with van der Waals surface area (Å²) in [6.45, 7) is -5.42. The lowest BCUT2D eigenvalue weighted by molar-refractivity contribution is -0.141. The van der Waals surface area contributed by atoms with Crippen LogP contribution in [0.5, 0.6) is 0 Å². The second-order valence-electron chi connectivity index (χ2n) is 2.55. The summed E-state index contributed by atoms with van der Waals surface area (Å²) >= 11 is 0. The Morgan fingerprint density at radius 2 is 1.71 bits per heavy atom. The van der Waals surface area contributed by atoms with Crippen molar-refractivity contribution in [3.63, 3.8) is 0 Å². The molecule has 1 rings (SSSR count). The van der Waals surface area contributed by atoms with Crippen molar-refractivity contribution in [2.45, 2.75) is 6.18 Å². The normalized spacial score (nSPS) is 13.0. The van der Waals surface area contributed by atoms with E-state index in [4.69, 9.17) is 0 Å². The fourth-order valence-electron chi connectivity index (χ4n) is 0.806. The molecule has 14 heavy (non-hydrogen) atoms. The lowest BCUT2D eigenvalue weighted by Crippen LogP contribution is -2.35. The number of nitrogens with zero attached hydrogens (tertiary/aromatic N) is 1. The van der Waals surface area contributed by atoms with Gasteiger partial charge in [0.2, 0.25) is 0 Å². The third-order valence-electron chi connectivity index (χ3n) is 1.45. The predicted octanol–water partition coefficient (Wildman–Crippen LogP) is 2.15. The molecule has 1 nitrogen and oxygen atoms in total. The first-order chi connectivity index (χ1) is 6.21. The van der Waals surface area contributed by atoms with Gasteiger partial charge in [0.05, 0.1) is 0 Å². The Morgan fingerprint density at radius 3 is 2.14 bits per heavy atom. The minimum Gasteiger partial charge on any atom is -0.445 e. The zero-order valence-corrected chi connectivity index (χ0v) is 6.52. The third kappa shape index (κ3) is 2.40. The van der Waals surface area contributed by atoms with Crippen LogP contribution in [0.3, 0.4) is 0 Å². The molecule has 0 fully saturated rings. The summed E-state index contributed by atoms with van der Waals surface area (Å²) < 4.78 is 71.9. The molecule has 0 radical (unpaired) electrons. The van der Waals surface area contributed by atoms with Gasteiger partial charge in [0.15, 0.2) is 0 Å². The van der Waals surface area contributed by atoms with Crippen LogP contribution in [0.1, 0.15) is 5.69 Å². The highest BCUT2D eigenvalue weighted by molar-refractivity contribution is 6.73. The van der Waals surface area contributed by atoms with Crippen LogP contribution in [0.2, 0.25) is 0 Å². The molecule has 0 bridgehead atoms. The standard InChI is InChI=1S/C6H3BF6N/c8-6(9,10)5-3-4(1-2-14-5)7(11,12)13/h1-3H/q-1. The smallest absolute Gasteiger partial charge is 0.445 e. The van der Waals surface area contributed by atoms with Crippen LogP contribution in [0.15, 0.2) is 18.3 Å². The maximum absolute atomic E-state index is 12.0. The minimum absolute atomic E-state index is 0. The van der Waals surface area contributed by atoms with E-state index in [0.717, 1.165) is 0 Å². The van der Waals surface area contributed by atoms with Crippen molar-refractivity contribution in [2.75, 3.05) is 0 Å². The molecular formula is C6H3BF6N-. The van der Waals surface area contributed by atoms with Gasteiger partial charge < -0.3 is 12.9 Å². The molecule has 0 aromatic carbocycles. The van der Waals surface area contributed by atoms with E-state index in [0.29, 0.717) is 12.3 Å². The fraction of sp³-hybridized carbons (Fsp3) is 0.167. The van der Waals surface area contributed by atoms with Crippen LogP contribution in [0.4, 0.5) is 26.1 Å². The largest absolute Gasteiger partial charge is 0.509 e. The van der Waals surface area contributed by atoms with Gasteiger partial charge in [-0.05, 0) is 0 Å². The summed E-state index contributed by atoms with van der Waals surface area (Å²) in [7, 11) is 0. The van der Waals surface area contributed by atoms with Crippen LogP contribution in [0, 0.1) is 0 Å². The SMILES string of the molecule is F[B-](F)(F)c1ccnc(C(F)(F)F)c1. The molecule has 0 saturated heterocycles. The van der Waals surface area contributed by atoms with Crippen molar-refractivity contribution in [2.24, 2.45) is 0 Å². The van der Waals surface area contributed by atoms with Gasteiger partial charge in [-0.2, -0.15) is 13.2 Å². The molecule has 78 valence electrons. The molecule has 8 heteroatoms. The molecule has 0 unspecified atom stereocenters. The molecule has 0 aliphatic carbocycles. The highest BCUT2D eigenvalue weighted by Crippen LogP contribution is 2.27. The van der Waals surface area contributed by atoms with Crippen molar-refractivity contribution in [1.29, 1.82) is 0 Å². The molecule has 0 amide bonds. The van der Waals surface area contributed by atoms with Gasteiger partial charge in [-0.3, -0.25) is 4.98 Å². The van der Waals surface area contributed by atoms with Crippen LogP contribution < -0.4 is 5.46 Å². The average molecular weight is 214 g/mol. The van der Waals surface area contributed by atoms with Crippen LogP contribution in [0.25, 0.3) is 0 Å². The summed E-state index contributed by atoms with van der Waals surface area (Å²) in [5.41, 5.74) is -2.83. The third-order valence-corrected chi connectivity index (χ3v) is 1.45. The number of hydrogen-bond donors (Lipinski definition) is 0. The Balaban J connectivity index is 3.15. The molecule has 0 aliphatic rings. The van der Waals surface area contributed by atoms with Crippen LogP contribution in [-0.2, 0) is 6.18 Å². The zero-order chi connectivity index (χ0) is 11.0. The number of alkyl halides is 3. The molecule has 1 aromatic heterocycles. The zero-order valence-electron chi connectivity index (χ0n) is 6.52. The molecule has 1 aromatic rings. The highest BCUT2D eigenvalue weighted by atomic mass is 19.4. The van der Waals surface area contributed by atoms with Gasteiger partial charge in [0.1, 0.15) is 5.69 Å². The summed E-state index contributed by atoms with van der Waals surface area (Å²) in [4.78, 5) is 2.81. The molecule has 1 heterocycles.